The lowest BCUT2D eigenvalue weighted by atomic mass is 9.87. The highest BCUT2D eigenvalue weighted by molar-refractivity contribution is 7.88. The lowest BCUT2D eigenvalue weighted by Gasteiger charge is -2.28. The number of aromatic nitrogens is 3. The van der Waals surface area contributed by atoms with Crippen molar-refractivity contribution in [2.24, 2.45) is 5.41 Å². The van der Waals surface area contributed by atoms with E-state index in [-0.39, 0.29) is 52.7 Å². The molecule has 4 heterocycles. The Morgan fingerprint density at radius 3 is 2.55 bits per heavy atom. The molecule has 0 aliphatic carbocycles. The number of fused-ring (bicyclic) bond motifs is 2. The maximum Gasteiger partial charge on any atom is 0.335 e. The summed E-state index contributed by atoms with van der Waals surface area (Å²) < 4.78 is 70.4. The zero-order valence-corrected chi connectivity index (χ0v) is 27.9. The van der Waals surface area contributed by atoms with E-state index < -0.39 is 27.6 Å². The summed E-state index contributed by atoms with van der Waals surface area (Å²) in [4.78, 5) is 20.9. The quantitative estimate of drug-likeness (QED) is 0.197. The number of carboxylic acids is 1. The normalized spacial score (nSPS) is 17.4. The number of carbonyl (C=O) groups is 1. The standard InChI is InChI=1S/C36H34F2N4O6S/c1-36(2)20-47-19-32(36)42-31-13-22(35(43)44)9-10-30(31)39-33(42)14-24-12-28(38)26(15-27(24)37)29-5-4-6-34(40-29)48-18-21-7-8-23-16-41(49(3,45)46)17-25(23)11-21/h4-13,15,32H,14,16-20H2,1-3H3,(H,43,44)/t32-/m1/s1. The van der Waals surface area contributed by atoms with Crippen LogP contribution in [-0.4, -0.2) is 57.8 Å². The fraction of sp³-hybridized carbons (Fsp3) is 0.306. The van der Waals surface area contributed by atoms with Gasteiger partial charge in [-0.25, -0.2) is 32.0 Å². The second-order valence-corrected chi connectivity index (χ2v) is 15.3. The van der Waals surface area contributed by atoms with Gasteiger partial charge in [0.25, 0.3) is 0 Å². The first-order valence-electron chi connectivity index (χ1n) is 15.7. The minimum Gasteiger partial charge on any atom is -0.478 e. The third-order valence-corrected chi connectivity index (χ3v) is 10.5. The molecule has 2 aliphatic rings. The number of nitrogens with zero attached hydrogens (tertiary/aromatic N) is 4. The van der Waals surface area contributed by atoms with Gasteiger partial charge in [-0.1, -0.05) is 38.1 Å². The largest absolute Gasteiger partial charge is 0.478 e. The van der Waals surface area contributed by atoms with E-state index in [1.54, 1.807) is 30.3 Å². The van der Waals surface area contributed by atoms with Gasteiger partial charge in [0.15, 0.2) is 0 Å². The van der Waals surface area contributed by atoms with E-state index in [0.29, 0.717) is 43.2 Å². The number of sulfonamides is 1. The van der Waals surface area contributed by atoms with Crippen molar-refractivity contribution in [3.8, 4) is 17.1 Å². The van der Waals surface area contributed by atoms with E-state index in [1.165, 1.54) is 16.6 Å². The average Bonchev–Trinajstić information content (AvgIpc) is 3.74. The summed E-state index contributed by atoms with van der Waals surface area (Å²) in [6, 6.07) is 17.2. The lowest BCUT2D eigenvalue weighted by molar-refractivity contribution is 0.0697. The Hall–Kier alpha value is -4.72. The molecule has 0 unspecified atom stereocenters. The second kappa shape index (κ2) is 12.3. The van der Waals surface area contributed by atoms with Crippen LogP contribution in [0.1, 0.15) is 58.3 Å². The summed E-state index contributed by atoms with van der Waals surface area (Å²) in [6.45, 7) is 5.73. The molecule has 254 valence electrons. The summed E-state index contributed by atoms with van der Waals surface area (Å²) >= 11 is 0. The number of rotatable bonds is 9. The van der Waals surface area contributed by atoms with E-state index in [2.05, 4.69) is 4.98 Å². The number of imidazole rings is 1. The molecule has 3 aromatic carbocycles. The number of pyridine rings is 1. The minimum absolute atomic E-state index is 0.0324. The van der Waals surface area contributed by atoms with Crippen molar-refractivity contribution >= 4 is 27.0 Å². The highest BCUT2D eigenvalue weighted by Gasteiger charge is 2.39. The van der Waals surface area contributed by atoms with Crippen LogP contribution in [0.3, 0.4) is 0 Å². The molecular formula is C36H34F2N4O6S. The summed E-state index contributed by atoms with van der Waals surface area (Å²) in [5, 5.41) is 9.62. The van der Waals surface area contributed by atoms with Crippen LogP contribution in [-0.2, 0) is 40.9 Å². The van der Waals surface area contributed by atoms with Crippen molar-refractivity contribution in [1.82, 2.24) is 18.8 Å². The molecule has 10 nitrogen and oxygen atoms in total. The maximum atomic E-state index is 15.8. The molecule has 2 aromatic heterocycles. The van der Waals surface area contributed by atoms with Crippen molar-refractivity contribution in [3.63, 3.8) is 0 Å². The highest BCUT2D eigenvalue weighted by atomic mass is 32.2. The molecule has 0 spiro atoms. The Morgan fingerprint density at radius 2 is 1.82 bits per heavy atom. The van der Waals surface area contributed by atoms with Crippen molar-refractivity contribution in [1.29, 1.82) is 0 Å². The SMILES string of the molecule is CC1(C)COC[C@H]1n1c(Cc2cc(F)c(-c3cccc(OCc4ccc5c(c4)CN(S(C)(=O)=O)C5)n3)cc2F)nc2ccc(C(=O)O)cc21. The highest BCUT2D eigenvalue weighted by Crippen LogP contribution is 2.41. The monoisotopic (exact) mass is 688 g/mol. The Kier molecular flexibility index (Phi) is 8.24. The molecule has 7 rings (SSSR count). The van der Waals surface area contributed by atoms with Gasteiger partial charge >= 0.3 is 5.97 Å². The number of hydrogen-bond acceptors (Lipinski definition) is 7. The predicted molar refractivity (Wildman–Crippen MR) is 178 cm³/mol. The molecule has 5 aromatic rings. The van der Waals surface area contributed by atoms with Crippen molar-refractivity contribution in [3.05, 3.63) is 112 Å². The van der Waals surface area contributed by atoms with E-state index >= 15 is 8.78 Å². The van der Waals surface area contributed by atoms with Crippen LogP contribution in [0.25, 0.3) is 22.3 Å². The Labute approximate surface area is 282 Å². The Morgan fingerprint density at radius 1 is 1.02 bits per heavy atom. The fourth-order valence-corrected chi connectivity index (χ4v) is 7.31. The van der Waals surface area contributed by atoms with E-state index in [1.807, 2.05) is 36.6 Å². The van der Waals surface area contributed by atoms with Crippen LogP contribution in [0.4, 0.5) is 8.78 Å². The van der Waals surface area contributed by atoms with Gasteiger partial charge in [0.05, 0.1) is 47.8 Å². The van der Waals surface area contributed by atoms with Crippen LogP contribution in [0.2, 0.25) is 0 Å². The molecular weight excluding hydrogens is 654 g/mol. The van der Waals surface area contributed by atoms with Crippen LogP contribution < -0.4 is 4.74 Å². The van der Waals surface area contributed by atoms with Gasteiger partial charge in [0, 0.05) is 36.6 Å². The van der Waals surface area contributed by atoms with Crippen molar-refractivity contribution in [2.45, 2.75) is 46.0 Å². The third-order valence-electron chi connectivity index (χ3n) is 9.28. The number of benzene rings is 3. The van der Waals surface area contributed by atoms with Gasteiger partial charge in [0.1, 0.15) is 24.1 Å². The summed E-state index contributed by atoms with van der Waals surface area (Å²) in [5.74, 6) is -1.70. The maximum absolute atomic E-state index is 15.8. The van der Waals surface area contributed by atoms with Gasteiger partial charge < -0.3 is 19.1 Å². The summed E-state index contributed by atoms with van der Waals surface area (Å²) in [7, 11) is -3.31. The third kappa shape index (κ3) is 6.41. The molecule has 2 aliphatic heterocycles. The van der Waals surface area contributed by atoms with E-state index in [4.69, 9.17) is 14.5 Å². The molecule has 1 atom stereocenters. The van der Waals surface area contributed by atoms with Gasteiger partial charge in [-0.3, -0.25) is 0 Å². The number of aromatic carboxylic acids is 1. The van der Waals surface area contributed by atoms with Crippen LogP contribution in [0, 0.1) is 17.0 Å². The van der Waals surface area contributed by atoms with Crippen LogP contribution in [0.15, 0.2) is 66.7 Å². The van der Waals surface area contributed by atoms with E-state index in [9.17, 15) is 18.3 Å². The van der Waals surface area contributed by atoms with Gasteiger partial charge in [-0.15, -0.1) is 0 Å². The molecule has 1 fully saturated rings. The molecule has 13 heteroatoms. The lowest BCUT2D eigenvalue weighted by Crippen LogP contribution is -2.27. The molecule has 0 amide bonds. The first-order valence-corrected chi connectivity index (χ1v) is 17.6. The van der Waals surface area contributed by atoms with Crippen molar-refractivity contribution < 1.29 is 36.6 Å². The minimum atomic E-state index is -3.31. The molecule has 49 heavy (non-hydrogen) atoms. The predicted octanol–water partition coefficient (Wildman–Crippen LogP) is 6.12. The summed E-state index contributed by atoms with van der Waals surface area (Å²) in [5.41, 5.74) is 3.85. The fourth-order valence-electron chi connectivity index (χ4n) is 6.56. The van der Waals surface area contributed by atoms with Gasteiger partial charge in [-0.05, 0) is 58.7 Å². The smallest absolute Gasteiger partial charge is 0.335 e. The van der Waals surface area contributed by atoms with Gasteiger partial charge in [-0.2, -0.15) is 4.31 Å². The number of halogens is 2. The first kappa shape index (κ1) is 32.8. The zero-order valence-electron chi connectivity index (χ0n) is 27.1. The van der Waals surface area contributed by atoms with Crippen molar-refractivity contribution in [2.75, 3.05) is 19.5 Å². The average molecular weight is 689 g/mol. The number of carboxylic acid groups (broad SMARTS) is 1. The molecule has 1 saturated heterocycles. The van der Waals surface area contributed by atoms with Crippen LogP contribution >= 0.6 is 0 Å². The molecule has 0 saturated carbocycles. The van der Waals surface area contributed by atoms with Gasteiger partial charge in [0.2, 0.25) is 15.9 Å². The molecule has 1 N–H and O–H groups in total. The first-order chi connectivity index (χ1) is 23.3. The summed E-state index contributed by atoms with van der Waals surface area (Å²) in [6.07, 6.45) is 1.15. The second-order valence-electron chi connectivity index (χ2n) is 13.3. The Bertz CT molecular complexity index is 2240. The van der Waals surface area contributed by atoms with E-state index in [0.717, 1.165) is 28.8 Å². The molecule has 0 bridgehead atoms. The molecule has 0 radical (unpaired) electrons. The number of hydrogen-bond donors (Lipinski definition) is 1. The Balaban J connectivity index is 1.13. The zero-order chi connectivity index (χ0) is 34.7. The van der Waals surface area contributed by atoms with Crippen LogP contribution in [0.5, 0.6) is 5.88 Å². The number of ether oxygens (including phenoxy) is 2. The topological polar surface area (TPSA) is 124 Å².